The van der Waals surface area contributed by atoms with E-state index in [0.717, 1.165) is 50.5 Å². The highest BCUT2D eigenvalue weighted by molar-refractivity contribution is 6.03. The summed E-state index contributed by atoms with van der Waals surface area (Å²) in [5, 5.41) is 11.1. The first-order valence-corrected chi connectivity index (χ1v) is 10.4. The van der Waals surface area contributed by atoms with Crippen molar-refractivity contribution in [3.63, 3.8) is 0 Å². The number of rotatable bonds is 4. The minimum atomic E-state index is 0.110. The van der Waals surface area contributed by atoms with Crippen LogP contribution in [0.4, 0.5) is 0 Å². The normalized spacial score (nSPS) is 12.7. The molecular weight excluding hydrogens is 384 g/mol. The Morgan fingerprint density at radius 3 is 2.68 bits per heavy atom. The highest BCUT2D eigenvalue weighted by Gasteiger charge is 2.19. The summed E-state index contributed by atoms with van der Waals surface area (Å²) in [7, 11) is 0. The number of benzene rings is 2. The molecule has 0 saturated heterocycles. The Labute approximate surface area is 178 Å². The number of hydrogen-bond acceptors (Lipinski definition) is 4. The Morgan fingerprint density at radius 2 is 1.81 bits per heavy atom. The number of aromatic nitrogens is 6. The fourth-order valence-corrected chi connectivity index (χ4v) is 4.34. The Bertz CT molecular complexity index is 1530. The van der Waals surface area contributed by atoms with Crippen molar-refractivity contribution in [2.45, 2.75) is 19.4 Å². The molecule has 6 nitrogen and oxygen atoms in total. The van der Waals surface area contributed by atoms with Crippen LogP contribution in [0.5, 0.6) is 0 Å². The Kier molecular flexibility index (Phi) is 4.02. The van der Waals surface area contributed by atoms with E-state index in [4.69, 9.17) is 0 Å². The van der Waals surface area contributed by atoms with E-state index in [2.05, 4.69) is 80.7 Å². The highest BCUT2D eigenvalue weighted by Crippen LogP contribution is 2.32. The Hall–Kier alpha value is -4.06. The van der Waals surface area contributed by atoms with Crippen molar-refractivity contribution in [1.82, 2.24) is 29.9 Å². The molecule has 0 unspecified atom stereocenters. The van der Waals surface area contributed by atoms with Gasteiger partial charge < -0.3 is 4.98 Å². The molecule has 1 atom stereocenters. The lowest BCUT2D eigenvalue weighted by atomic mass is 10.0. The lowest BCUT2D eigenvalue weighted by Crippen LogP contribution is -2.11. The molecule has 6 heteroatoms. The molecule has 0 bridgehead atoms. The largest absolute Gasteiger partial charge is 0.346 e. The minimum absolute atomic E-state index is 0.110. The molecule has 0 aliphatic rings. The number of nitrogens with zero attached hydrogens (tertiary/aromatic N) is 5. The molecule has 150 valence electrons. The summed E-state index contributed by atoms with van der Waals surface area (Å²) in [6.07, 6.45) is 6.54. The summed E-state index contributed by atoms with van der Waals surface area (Å²) >= 11 is 0. The first-order valence-electron chi connectivity index (χ1n) is 10.4. The maximum atomic E-state index is 4.62. The average Bonchev–Trinajstić information content (AvgIpc) is 3.47. The molecule has 0 amide bonds. The summed E-state index contributed by atoms with van der Waals surface area (Å²) in [4.78, 5) is 12.3. The topological polar surface area (TPSA) is 72.3 Å². The summed E-state index contributed by atoms with van der Waals surface area (Å²) in [5.41, 5.74) is 7.03. The van der Waals surface area contributed by atoms with E-state index < -0.39 is 0 Å². The molecule has 0 aliphatic heterocycles. The van der Waals surface area contributed by atoms with Gasteiger partial charge in [0, 0.05) is 28.7 Å². The molecular formula is C25H20N6. The van der Waals surface area contributed by atoms with Gasteiger partial charge in [-0.15, -0.1) is 5.10 Å². The minimum Gasteiger partial charge on any atom is -0.346 e. The lowest BCUT2D eigenvalue weighted by Gasteiger charge is -2.17. The van der Waals surface area contributed by atoms with Crippen molar-refractivity contribution >= 4 is 33.0 Å². The summed E-state index contributed by atoms with van der Waals surface area (Å²) in [5.74, 6) is 0. The van der Waals surface area contributed by atoms with Crippen LogP contribution in [-0.2, 0) is 0 Å². The third-order valence-corrected chi connectivity index (χ3v) is 5.90. The number of hydrogen-bond donors (Lipinski definition) is 1. The van der Waals surface area contributed by atoms with Crippen molar-refractivity contribution in [2.24, 2.45) is 0 Å². The first kappa shape index (κ1) is 17.8. The maximum Gasteiger partial charge on any atom is 0.137 e. The van der Waals surface area contributed by atoms with E-state index in [9.17, 15) is 0 Å². The number of fused-ring (bicyclic) bond motifs is 4. The van der Waals surface area contributed by atoms with Gasteiger partial charge in [0.15, 0.2) is 0 Å². The Morgan fingerprint density at radius 1 is 0.903 bits per heavy atom. The van der Waals surface area contributed by atoms with Gasteiger partial charge in [0.05, 0.1) is 17.8 Å². The smallest absolute Gasteiger partial charge is 0.137 e. The second-order valence-electron chi connectivity index (χ2n) is 7.73. The zero-order valence-electron chi connectivity index (χ0n) is 17.0. The van der Waals surface area contributed by atoms with Crippen LogP contribution >= 0.6 is 0 Å². The summed E-state index contributed by atoms with van der Waals surface area (Å²) in [6, 6.07) is 21.1. The first-order chi connectivity index (χ1) is 15.3. The lowest BCUT2D eigenvalue weighted by molar-refractivity contribution is 0.509. The molecule has 0 saturated carbocycles. The summed E-state index contributed by atoms with van der Waals surface area (Å²) in [6.45, 7) is 2.18. The monoisotopic (exact) mass is 404 g/mol. The van der Waals surface area contributed by atoms with Gasteiger partial charge >= 0.3 is 0 Å². The van der Waals surface area contributed by atoms with Crippen LogP contribution in [0.15, 0.2) is 79.3 Å². The molecule has 1 N–H and O–H groups in total. The average molecular weight is 404 g/mol. The van der Waals surface area contributed by atoms with Crippen molar-refractivity contribution in [1.29, 1.82) is 0 Å². The number of aromatic amines is 1. The number of pyridine rings is 2. The van der Waals surface area contributed by atoms with Crippen molar-refractivity contribution in [2.75, 3.05) is 0 Å². The van der Waals surface area contributed by atoms with Gasteiger partial charge in [-0.25, -0.2) is 9.67 Å². The van der Waals surface area contributed by atoms with Crippen molar-refractivity contribution in [3.05, 3.63) is 84.8 Å². The fraction of sp³-hybridized carbons (Fsp3) is 0.120. The van der Waals surface area contributed by atoms with E-state index in [-0.39, 0.29) is 6.04 Å². The molecule has 6 rings (SSSR count). The van der Waals surface area contributed by atoms with E-state index >= 15 is 0 Å². The van der Waals surface area contributed by atoms with Crippen molar-refractivity contribution < 1.29 is 0 Å². The van der Waals surface area contributed by atoms with Gasteiger partial charge in [0.1, 0.15) is 16.7 Å². The van der Waals surface area contributed by atoms with Gasteiger partial charge in [-0.3, -0.25) is 4.98 Å². The van der Waals surface area contributed by atoms with Crippen LogP contribution in [-0.4, -0.2) is 29.9 Å². The Balaban J connectivity index is 1.57. The van der Waals surface area contributed by atoms with E-state index in [1.54, 1.807) is 0 Å². The van der Waals surface area contributed by atoms with Gasteiger partial charge in [0.25, 0.3) is 0 Å². The molecule has 31 heavy (non-hydrogen) atoms. The molecule has 0 spiro atoms. The van der Waals surface area contributed by atoms with Crippen LogP contribution in [0.2, 0.25) is 0 Å². The summed E-state index contributed by atoms with van der Waals surface area (Å²) < 4.78 is 2.05. The molecule has 4 aromatic heterocycles. The SMILES string of the molecule is CC[C@@H](c1ccccc1)n1nnc2cnc3ccc(-c4cnc5[nH]ccc5c4)cc3c21. The third-order valence-electron chi connectivity index (χ3n) is 5.90. The van der Waals surface area contributed by atoms with Gasteiger partial charge in [-0.2, -0.15) is 0 Å². The predicted octanol–water partition coefficient (Wildman–Crippen LogP) is 5.52. The number of nitrogens with one attached hydrogen (secondary N) is 1. The molecule has 0 fully saturated rings. The van der Waals surface area contributed by atoms with Gasteiger partial charge in [-0.05, 0) is 41.8 Å². The second-order valence-corrected chi connectivity index (χ2v) is 7.73. The van der Waals surface area contributed by atoms with Crippen LogP contribution in [0.1, 0.15) is 24.9 Å². The molecule has 0 radical (unpaired) electrons. The van der Waals surface area contributed by atoms with E-state index in [0.29, 0.717) is 0 Å². The zero-order valence-corrected chi connectivity index (χ0v) is 17.0. The van der Waals surface area contributed by atoms with Gasteiger partial charge in [-0.1, -0.05) is 48.5 Å². The molecule has 4 heterocycles. The van der Waals surface area contributed by atoms with E-state index in [1.807, 2.05) is 35.4 Å². The van der Waals surface area contributed by atoms with Crippen LogP contribution in [0, 0.1) is 0 Å². The maximum absolute atomic E-state index is 4.62. The van der Waals surface area contributed by atoms with Crippen LogP contribution in [0.3, 0.4) is 0 Å². The molecule has 6 aromatic rings. The third kappa shape index (κ3) is 2.87. The van der Waals surface area contributed by atoms with E-state index in [1.165, 1.54) is 5.56 Å². The van der Waals surface area contributed by atoms with Crippen molar-refractivity contribution in [3.8, 4) is 11.1 Å². The second kappa shape index (κ2) is 7.02. The quantitative estimate of drug-likeness (QED) is 0.420. The standard InChI is InChI=1S/C25H20N6/c1-2-23(16-6-4-3-5-7-16)31-24-20-13-17(8-9-21(20)27-15-22(24)29-30-31)19-12-18-10-11-26-25(18)28-14-19/h3-15,23H,2H2,1H3,(H,26,28)/t23-/m0/s1. The predicted molar refractivity (Wildman–Crippen MR) is 123 cm³/mol. The molecule has 2 aromatic carbocycles. The molecule has 0 aliphatic carbocycles. The number of H-pyrrole nitrogens is 1. The highest BCUT2D eigenvalue weighted by atomic mass is 15.4. The van der Waals surface area contributed by atoms with Gasteiger partial charge in [0.2, 0.25) is 0 Å². The van der Waals surface area contributed by atoms with Crippen LogP contribution in [0.25, 0.3) is 44.1 Å². The fourth-order valence-electron chi connectivity index (χ4n) is 4.34. The van der Waals surface area contributed by atoms with Crippen LogP contribution < -0.4 is 0 Å². The zero-order chi connectivity index (χ0) is 20.8.